The van der Waals surface area contributed by atoms with Crippen LogP contribution in [-0.2, 0) is 16.0 Å². The zero-order chi connectivity index (χ0) is 15.8. The summed E-state index contributed by atoms with van der Waals surface area (Å²) in [7, 11) is 0. The molecule has 22 heavy (non-hydrogen) atoms. The molecular formula is C18H17NO3. The van der Waals surface area contributed by atoms with Gasteiger partial charge in [-0.3, -0.25) is 4.79 Å². The van der Waals surface area contributed by atoms with Crippen molar-refractivity contribution in [3.05, 3.63) is 77.9 Å². The van der Waals surface area contributed by atoms with E-state index in [4.69, 9.17) is 0 Å². The van der Waals surface area contributed by atoms with Crippen molar-refractivity contribution >= 4 is 18.0 Å². The Kier molecular flexibility index (Phi) is 5.49. The van der Waals surface area contributed by atoms with Crippen molar-refractivity contribution in [3.63, 3.8) is 0 Å². The lowest BCUT2D eigenvalue weighted by molar-refractivity contribution is -0.141. The molecule has 0 unspecified atom stereocenters. The molecule has 0 aliphatic carbocycles. The van der Waals surface area contributed by atoms with Gasteiger partial charge in [-0.2, -0.15) is 0 Å². The van der Waals surface area contributed by atoms with E-state index < -0.39 is 17.9 Å². The van der Waals surface area contributed by atoms with Crippen molar-refractivity contribution in [1.29, 1.82) is 0 Å². The van der Waals surface area contributed by atoms with E-state index >= 15 is 0 Å². The Morgan fingerprint density at radius 1 is 1.00 bits per heavy atom. The summed E-state index contributed by atoms with van der Waals surface area (Å²) in [5, 5.41) is 11.7. The van der Waals surface area contributed by atoms with Gasteiger partial charge in [0.2, 0.25) is 5.91 Å². The molecule has 2 rings (SSSR count). The Hall–Kier alpha value is -2.88. The summed E-state index contributed by atoms with van der Waals surface area (Å²) >= 11 is 0. The van der Waals surface area contributed by atoms with Crippen LogP contribution in [0.1, 0.15) is 11.1 Å². The molecule has 0 saturated heterocycles. The summed E-state index contributed by atoms with van der Waals surface area (Å²) in [6.45, 7) is 0. The SMILES string of the molecule is O=C(/C=C/c1ccccc1)N[C@H](Cc1ccccc1)C(=O)O. The maximum absolute atomic E-state index is 11.9. The predicted octanol–water partition coefficient (Wildman–Crippen LogP) is 2.51. The van der Waals surface area contributed by atoms with Crippen molar-refractivity contribution in [2.45, 2.75) is 12.5 Å². The third-order valence-corrected chi connectivity index (χ3v) is 3.12. The van der Waals surface area contributed by atoms with Gasteiger partial charge >= 0.3 is 5.97 Å². The number of amides is 1. The number of carboxylic acid groups (broad SMARTS) is 1. The quantitative estimate of drug-likeness (QED) is 0.805. The van der Waals surface area contributed by atoms with Crippen molar-refractivity contribution in [2.24, 2.45) is 0 Å². The Morgan fingerprint density at radius 2 is 1.59 bits per heavy atom. The summed E-state index contributed by atoms with van der Waals surface area (Å²) in [4.78, 5) is 23.1. The lowest BCUT2D eigenvalue weighted by Crippen LogP contribution is -2.41. The first-order valence-electron chi connectivity index (χ1n) is 6.95. The van der Waals surface area contributed by atoms with Crippen LogP contribution < -0.4 is 5.32 Å². The van der Waals surface area contributed by atoms with E-state index in [0.717, 1.165) is 11.1 Å². The minimum Gasteiger partial charge on any atom is -0.480 e. The van der Waals surface area contributed by atoms with Gasteiger partial charge in [-0.25, -0.2) is 4.79 Å². The normalized spacial score (nSPS) is 12.0. The molecule has 112 valence electrons. The Bertz CT molecular complexity index is 651. The average Bonchev–Trinajstić information content (AvgIpc) is 2.54. The highest BCUT2D eigenvalue weighted by atomic mass is 16.4. The second-order valence-corrected chi connectivity index (χ2v) is 4.83. The number of rotatable bonds is 6. The van der Waals surface area contributed by atoms with Crippen molar-refractivity contribution in [1.82, 2.24) is 5.32 Å². The maximum atomic E-state index is 11.9. The molecule has 1 atom stereocenters. The molecule has 4 nitrogen and oxygen atoms in total. The summed E-state index contributed by atoms with van der Waals surface area (Å²) in [6, 6.07) is 17.6. The summed E-state index contributed by atoms with van der Waals surface area (Å²) in [5.74, 6) is -1.47. The monoisotopic (exact) mass is 295 g/mol. The van der Waals surface area contributed by atoms with Crippen molar-refractivity contribution in [3.8, 4) is 0 Å². The van der Waals surface area contributed by atoms with Crippen LogP contribution >= 0.6 is 0 Å². The number of carbonyl (C=O) groups is 2. The third kappa shape index (κ3) is 4.90. The Morgan fingerprint density at radius 3 is 2.18 bits per heavy atom. The summed E-state index contributed by atoms with van der Waals surface area (Å²) in [6.07, 6.45) is 3.24. The minimum atomic E-state index is -1.05. The van der Waals surface area contributed by atoms with E-state index in [0.29, 0.717) is 0 Å². The fourth-order valence-electron chi connectivity index (χ4n) is 2.01. The fraction of sp³-hybridized carbons (Fsp3) is 0.111. The van der Waals surface area contributed by atoms with Crippen LogP contribution in [0.15, 0.2) is 66.7 Å². The van der Waals surface area contributed by atoms with Crippen molar-refractivity contribution in [2.75, 3.05) is 0 Å². The van der Waals surface area contributed by atoms with Crippen LogP contribution in [-0.4, -0.2) is 23.0 Å². The van der Waals surface area contributed by atoms with Gasteiger partial charge in [0, 0.05) is 12.5 Å². The highest BCUT2D eigenvalue weighted by Gasteiger charge is 2.19. The van der Waals surface area contributed by atoms with Crippen LogP contribution in [0.5, 0.6) is 0 Å². The first kappa shape index (κ1) is 15.5. The Balaban J connectivity index is 1.97. The van der Waals surface area contributed by atoms with E-state index in [1.807, 2.05) is 60.7 Å². The lowest BCUT2D eigenvalue weighted by atomic mass is 10.1. The lowest BCUT2D eigenvalue weighted by Gasteiger charge is -2.13. The van der Waals surface area contributed by atoms with Crippen LogP contribution in [0, 0.1) is 0 Å². The maximum Gasteiger partial charge on any atom is 0.326 e. The second-order valence-electron chi connectivity index (χ2n) is 4.83. The molecule has 0 heterocycles. The van der Waals surface area contributed by atoms with E-state index in [2.05, 4.69) is 5.32 Å². The van der Waals surface area contributed by atoms with Gasteiger partial charge in [-0.1, -0.05) is 60.7 Å². The second kappa shape index (κ2) is 7.78. The number of carboxylic acids is 1. The standard InChI is InChI=1S/C18H17NO3/c20-17(12-11-14-7-3-1-4-8-14)19-16(18(21)22)13-15-9-5-2-6-10-15/h1-12,16H,13H2,(H,19,20)(H,21,22)/b12-11+/t16-/m1/s1. The Labute approximate surface area is 129 Å². The predicted molar refractivity (Wildman–Crippen MR) is 85.2 cm³/mol. The first-order valence-corrected chi connectivity index (χ1v) is 6.95. The van der Waals surface area contributed by atoms with E-state index in [1.165, 1.54) is 6.08 Å². The van der Waals surface area contributed by atoms with Crippen LogP contribution in [0.2, 0.25) is 0 Å². The molecule has 4 heteroatoms. The number of hydrogen-bond acceptors (Lipinski definition) is 2. The number of aliphatic carboxylic acids is 1. The first-order chi connectivity index (χ1) is 10.6. The van der Waals surface area contributed by atoms with Crippen molar-refractivity contribution < 1.29 is 14.7 Å². The molecule has 1 amide bonds. The molecule has 0 aliphatic heterocycles. The zero-order valence-corrected chi connectivity index (χ0v) is 12.0. The largest absolute Gasteiger partial charge is 0.480 e. The molecule has 2 aromatic rings. The molecule has 0 aromatic heterocycles. The highest BCUT2D eigenvalue weighted by Crippen LogP contribution is 2.04. The van der Waals surface area contributed by atoms with Crippen LogP contribution in [0.25, 0.3) is 6.08 Å². The number of benzene rings is 2. The molecule has 0 radical (unpaired) electrons. The van der Waals surface area contributed by atoms with E-state index in [-0.39, 0.29) is 6.42 Å². The molecule has 0 fully saturated rings. The van der Waals surface area contributed by atoms with E-state index in [9.17, 15) is 14.7 Å². The van der Waals surface area contributed by atoms with Gasteiger partial charge in [-0.15, -0.1) is 0 Å². The summed E-state index contributed by atoms with van der Waals surface area (Å²) in [5.41, 5.74) is 1.75. The fourth-order valence-corrected chi connectivity index (χ4v) is 2.01. The highest BCUT2D eigenvalue weighted by molar-refractivity contribution is 5.94. The molecule has 2 N–H and O–H groups in total. The summed E-state index contributed by atoms with van der Waals surface area (Å²) < 4.78 is 0. The van der Waals surface area contributed by atoms with E-state index in [1.54, 1.807) is 6.08 Å². The average molecular weight is 295 g/mol. The van der Waals surface area contributed by atoms with Crippen LogP contribution in [0.4, 0.5) is 0 Å². The van der Waals surface area contributed by atoms with Gasteiger partial charge < -0.3 is 10.4 Å². The van der Waals surface area contributed by atoms with Gasteiger partial charge in [0.05, 0.1) is 0 Å². The number of carbonyl (C=O) groups excluding carboxylic acids is 1. The number of nitrogens with one attached hydrogen (secondary N) is 1. The smallest absolute Gasteiger partial charge is 0.326 e. The molecule has 0 bridgehead atoms. The molecule has 2 aromatic carbocycles. The zero-order valence-electron chi connectivity index (χ0n) is 12.0. The topological polar surface area (TPSA) is 66.4 Å². The van der Waals surface area contributed by atoms with Gasteiger partial charge in [0.15, 0.2) is 0 Å². The molecule has 0 saturated carbocycles. The van der Waals surface area contributed by atoms with Gasteiger partial charge in [0.25, 0.3) is 0 Å². The van der Waals surface area contributed by atoms with Gasteiger partial charge in [-0.05, 0) is 17.2 Å². The molecule has 0 aliphatic rings. The van der Waals surface area contributed by atoms with Gasteiger partial charge in [0.1, 0.15) is 6.04 Å². The number of hydrogen-bond donors (Lipinski definition) is 2. The van der Waals surface area contributed by atoms with Crippen LogP contribution in [0.3, 0.4) is 0 Å². The minimum absolute atomic E-state index is 0.251. The molecular weight excluding hydrogens is 278 g/mol. The molecule has 0 spiro atoms. The third-order valence-electron chi connectivity index (χ3n) is 3.12.